The van der Waals surface area contributed by atoms with E-state index >= 15 is 0 Å². The Kier molecular flexibility index (Phi) is 2.98. The summed E-state index contributed by atoms with van der Waals surface area (Å²) in [7, 11) is 0. The predicted octanol–water partition coefficient (Wildman–Crippen LogP) is 3.99. The third-order valence-corrected chi connectivity index (χ3v) is 2.24. The molecule has 0 aliphatic heterocycles. The van der Waals surface area contributed by atoms with Crippen molar-refractivity contribution in [1.82, 2.24) is 0 Å². The van der Waals surface area contributed by atoms with Gasteiger partial charge in [-0.2, -0.15) is 13.2 Å². The van der Waals surface area contributed by atoms with Gasteiger partial charge < -0.3 is 0 Å². The summed E-state index contributed by atoms with van der Waals surface area (Å²) in [5.74, 6) is 2.04. The van der Waals surface area contributed by atoms with E-state index in [0.717, 1.165) is 6.07 Å². The van der Waals surface area contributed by atoms with Crippen LogP contribution in [0.2, 0.25) is 10.0 Å². The molecule has 1 aromatic carbocycles. The highest BCUT2D eigenvalue weighted by atomic mass is 35.5. The summed E-state index contributed by atoms with van der Waals surface area (Å²) >= 11 is 10.8. The van der Waals surface area contributed by atoms with Gasteiger partial charge in [-0.25, -0.2) is 0 Å². The molecule has 5 heteroatoms. The largest absolute Gasteiger partial charge is 0.419 e. The van der Waals surface area contributed by atoms with Crippen LogP contribution in [0.3, 0.4) is 0 Å². The molecule has 74 valence electrons. The zero-order chi connectivity index (χ0) is 10.9. The molecule has 0 nitrogen and oxygen atoms in total. The number of hydrogen-bond acceptors (Lipinski definition) is 0. The van der Waals surface area contributed by atoms with Crippen molar-refractivity contribution in [2.75, 3.05) is 0 Å². The van der Waals surface area contributed by atoms with Gasteiger partial charge in [0.1, 0.15) is 0 Å². The molecule has 0 atom stereocenters. The second-order valence-corrected chi connectivity index (χ2v) is 3.21. The summed E-state index contributed by atoms with van der Waals surface area (Å²) in [6.07, 6.45) is 0.372. The summed E-state index contributed by atoms with van der Waals surface area (Å²) in [6, 6.07) is 2.34. The molecule has 0 N–H and O–H groups in total. The van der Waals surface area contributed by atoms with E-state index in [2.05, 4.69) is 0 Å². The lowest BCUT2D eigenvalue weighted by Crippen LogP contribution is -2.07. The molecular weight excluding hydrogens is 236 g/mol. The number of terminal acetylenes is 1. The molecule has 0 amide bonds. The van der Waals surface area contributed by atoms with E-state index in [1.807, 2.05) is 5.92 Å². The Hall–Kier alpha value is -0.850. The van der Waals surface area contributed by atoms with Crippen molar-refractivity contribution in [3.8, 4) is 12.3 Å². The highest BCUT2D eigenvalue weighted by Gasteiger charge is 2.36. The van der Waals surface area contributed by atoms with Crippen LogP contribution >= 0.6 is 23.2 Å². The Bertz CT molecular complexity index is 402. The van der Waals surface area contributed by atoms with Crippen LogP contribution in [0.1, 0.15) is 11.1 Å². The molecule has 14 heavy (non-hydrogen) atoms. The van der Waals surface area contributed by atoms with E-state index in [-0.39, 0.29) is 5.56 Å². The van der Waals surface area contributed by atoms with Crippen LogP contribution in [0.25, 0.3) is 0 Å². The Labute approximate surface area is 88.6 Å². The fraction of sp³-hybridized carbons (Fsp3) is 0.111. The Morgan fingerprint density at radius 1 is 1.21 bits per heavy atom. The maximum Gasteiger partial charge on any atom is 0.419 e. The fourth-order valence-electron chi connectivity index (χ4n) is 0.924. The zero-order valence-electron chi connectivity index (χ0n) is 6.62. The van der Waals surface area contributed by atoms with Crippen LogP contribution in [0, 0.1) is 12.3 Å². The van der Waals surface area contributed by atoms with Crippen LogP contribution in [0.15, 0.2) is 12.1 Å². The van der Waals surface area contributed by atoms with Gasteiger partial charge in [0.05, 0.1) is 15.6 Å². The SMILES string of the molecule is C#Cc1ccc(Cl)c(C(F)(F)F)c1Cl. The zero-order valence-corrected chi connectivity index (χ0v) is 8.13. The molecule has 0 saturated carbocycles. The van der Waals surface area contributed by atoms with Crippen LogP contribution in [-0.2, 0) is 6.18 Å². The van der Waals surface area contributed by atoms with Crippen molar-refractivity contribution in [3.63, 3.8) is 0 Å². The molecule has 0 heterocycles. The molecule has 0 saturated heterocycles. The second-order valence-electron chi connectivity index (χ2n) is 2.43. The molecule has 0 bridgehead atoms. The average molecular weight is 239 g/mol. The summed E-state index contributed by atoms with van der Waals surface area (Å²) in [6.45, 7) is 0. The normalized spacial score (nSPS) is 11.1. The maximum absolute atomic E-state index is 12.4. The monoisotopic (exact) mass is 238 g/mol. The standard InChI is InChI=1S/C9H3Cl2F3/c1-2-5-3-4-6(10)7(8(5)11)9(12,13)14/h1,3-4H. The van der Waals surface area contributed by atoms with Crippen molar-refractivity contribution in [2.24, 2.45) is 0 Å². The molecular formula is C9H3Cl2F3. The third-order valence-electron chi connectivity index (χ3n) is 1.53. The van der Waals surface area contributed by atoms with E-state index in [1.165, 1.54) is 6.07 Å². The average Bonchev–Trinajstić information content (AvgIpc) is 2.02. The topological polar surface area (TPSA) is 0 Å². The highest BCUT2D eigenvalue weighted by Crippen LogP contribution is 2.40. The Morgan fingerprint density at radius 3 is 2.21 bits per heavy atom. The van der Waals surface area contributed by atoms with Gasteiger partial charge in [-0.05, 0) is 12.1 Å². The minimum Gasteiger partial charge on any atom is -0.166 e. The van der Waals surface area contributed by atoms with Crippen LogP contribution in [0.4, 0.5) is 13.2 Å². The van der Waals surface area contributed by atoms with E-state index < -0.39 is 21.8 Å². The number of rotatable bonds is 0. The Balaban J connectivity index is 3.50. The van der Waals surface area contributed by atoms with E-state index in [4.69, 9.17) is 29.6 Å². The maximum atomic E-state index is 12.4. The number of benzene rings is 1. The predicted molar refractivity (Wildman–Crippen MR) is 49.4 cm³/mol. The summed E-state index contributed by atoms with van der Waals surface area (Å²) in [4.78, 5) is 0. The first-order valence-electron chi connectivity index (χ1n) is 3.39. The molecule has 0 unspecified atom stereocenters. The third kappa shape index (κ3) is 1.97. The van der Waals surface area contributed by atoms with Crippen molar-refractivity contribution in [2.45, 2.75) is 6.18 Å². The van der Waals surface area contributed by atoms with Crippen molar-refractivity contribution >= 4 is 23.2 Å². The van der Waals surface area contributed by atoms with Crippen molar-refractivity contribution in [1.29, 1.82) is 0 Å². The molecule has 1 aromatic rings. The lowest BCUT2D eigenvalue weighted by molar-refractivity contribution is -0.137. The first-order valence-corrected chi connectivity index (χ1v) is 4.15. The first kappa shape index (κ1) is 11.2. The van der Waals surface area contributed by atoms with E-state index in [1.54, 1.807) is 0 Å². The molecule has 0 aliphatic rings. The van der Waals surface area contributed by atoms with Gasteiger partial charge in [0.25, 0.3) is 0 Å². The van der Waals surface area contributed by atoms with Gasteiger partial charge in [0.15, 0.2) is 0 Å². The van der Waals surface area contributed by atoms with Gasteiger partial charge >= 0.3 is 6.18 Å². The number of alkyl halides is 3. The minimum absolute atomic E-state index is 0.0246. The number of hydrogen-bond donors (Lipinski definition) is 0. The Morgan fingerprint density at radius 2 is 1.79 bits per heavy atom. The van der Waals surface area contributed by atoms with Gasteiger partial charge in [0.2, 0.25) is 0 Å². The van der Waals surface area contributed by atoms with Crippen LogP contribution in [0.5, 0.6) is 0 Å². The fourth-order valence-corrected chi connectivity index (χ4v) is 1.56. The lowest BCUT2D eigenvalue weighted by atomic mass is 10.1. The molecule has 0 spiro atoms. The summed E-state index contributed by atoms with van der Waals surface area (Å²) < 4.78 is 37.2. The van der Waals surface area contributed by atoms with Crippen LogP contribution in [-0.4, -0.2) is 0 Å². The van der Waals surface area contributed by atoms with Gasteiger partial charge in [0, 0.05) is 5.56 Å². The summed E-state index contributed by atoms with van der Waals surface area (Å²) in [5.41, 5.74) is -1.11. The van der Waals surface area contributed by atoms with Gasteiger partial charge in [-0.3, -0.25) is 0 Å². The molecule has 0 aliphatic carbocycles. The molecule has 0 fully saturated rings. The van der Waals surface area contributed by atoms with Crippen LogP contribution < -0.4 is 0 Å². The first-order chi connectivity index (χ1) is 6.38. The quantitative estimate of drug-likeness (QED) is 0.600. The van der Waals surface area contributed by atoms with Crippen molar-refractivity contribution in [3.05, 3.63) is 33.3 Å². The highest BCUT2D eigenvalue weighted by molar-refractivity contribution is 6.36. The molecule has 0 aromatic heterocycles. The van der Waals surface area contributed by atoms with E-state index in [9.17, 15) is 13.2 Å². The molecule has 0 radical (unpaired) electrons. The van der Waals surface area contributed by atoms with Gasteiger partial charge in [-0.1, -0.05) is 29.1 Å². The second kappa shape index (κ2) is 3.72. The van der Waals surface area contributed by atoms with Crippen molar-refractivity contribution < 1.29 is 13.2 Å². The lowest BCUT2D eigenvalue weighted by Gasteiger charge is -2.11. The molecule has 1 rings (SSSR count). The summed E-state index contributed by atoms with van der Waals surface area (Å²) in [5, 5.41) is -0.992. The minimum atomic E-state index is -4.60. The smallest absolute Gasteiger partial charge is 0.166 e. The van der Waals surface area contributed by atoms with Gasteiger partial charge in [-0.15, -0.1) is 6.42 Å². The number of halogens is 5. The van der Waals surface area contributed by atoms with E-state index in [0.29, 0.717) is 0 Å².